The Bertz CT molecular complexity index is 839. The molecule has 1 heterocycles. The lowest BCUT2D eigenvalue weighted by Crippen LogP contribution is -2.31. The van der Waals surface area contributed by atoms with E-state index in [0.29, 0.717) is 35.1 Å². The Balaban J connectivity index is 1.62. The van der Waals surface area contributed by atoms with E-state index in [-0.39, 0.29) is 11.8 Å². The number of halogens is 1. The molecule has 1 saturated heterocycles. The van der Waals surface area contributed by atoms with Gasteiger partial charge in [-0.3, -0.25) is 9.59 Å². The average molecular weight is 388 g/mol. The largest absolute Gasteiger partial charge is 0.497 e. The van der Waals surface area contributed by atoms with Crippen molar-refractivity contribution in [3.05, 3.63) is 47.5 Å². The van der Waals surface area contributed by atoms with Crippen molar-refractivity contribution < 1.29 is 14.3 Å². The number of amides is 2. The minimum absolute atomic E-state index is 0.0878. The van der Waals surface area contributed by atoms with E-state index in [0.717, 1.165) is 12.2 Å². The normalized spacial score (nSPS) is 14.8. The molecule has 1 atom stereocenters. The molecule has 0 unspecified atom stereocenters. The van der Waals surface area contributed by atoms with Gasteiger partial charge in [0, 0.05) is 24.3 Å². The fourth-order valence-corrected chi connectivity index (χ4v) is 3.24. The molecule has 0 aliphatic carbocycles. The first-order valence-electron chi connectivity index (χ1n) is 8.79. The Morgan fingerprint density at radius 1 is 1.19 bits per heavy atom. The Labute approximate surface area is 163 Å². The van der Waals surface area contributed by atoms with Gasteiger partial charge in [-0.2, -0.15) is 0 Å². The lowest BCUT2D eigenvalue weighted by Gasteiger charge is -2.20. The van der Waals surface area contributed by atoms with Crippen LogP contribution in [-0.4, -0.2) is 31.5 Å². The van der Waals surface area contributed by atoms with E-state index in [9.17, 15) is 9.59 Å². The molecule has 1 aliphatic rings. The van der Waals surface area contributed by atoms with Crippen LogP contribution in [0.4, 0.5) is 17.1 Å². The molecule has 6 nitrogen and oxygen atoms in total. The van der Waals surface area contributed by atoms with E-state index >= 15 is 0 Å². The maximum absolute atomic E-state index is 12.4. The van der Waals surface area contributed by atoms with E-state index in [2.05, 4.69) is 10.6 Å². The van der Waals surface area contributed by atoms with Gasteiger partial charge in [0.1, 0.15) is 11.8 Å². The van der Waals surface area contributed by atoms with Gasteiger partial charge < -0.3 is 20.3 Å². The highest BCUT2D eigenvalue weighted by molar-refractivity contribution is 6.34. The molecule has 2 amide bonds. The monoisotopic (exact) mass is 387 g/mol. The van der Waals surface area contributed by atoms with Crippen LogP contribution in [0.15, 0.2) is 42.5 Å². The van der Waals surface area contributed by atoms with Crippen molar-refractivity contribution >= 4 is 40.5 Å². The average Bonchev–Trinajstić information content (AvgIpc) is 3.08. The second kappa shape index (κ2) is 8.31. The maximum Gasteiger partial charge on any atom is 0.246 e. The Kier molecular flexibility index (Phi) is 5.86. The van der Waals surface area contributed by atoms with Crippen LogP contribution in [0.25, 0.3) is 0 Å². The van der Waals surface area contributed by atoms with E-state index in [1.54, 1.807) is 49.3 Å². The molecule has 2 N–H and O–H groups in total. The van der Waals surface area contributed by atoms with Crippen molar-refractivity contribution in [2.24, 2.45) is 0 Å². The van der Waals surface area contributed by atoms with Crippen LogP contribution in [0.2, 0.25) is 5.02 Å². The summed E-state index contributed by atoms with van der Waals surface area (Å²) >= 11 is 6.35. The number of hydrogen-bond donors (Lipinski definition) is 2. The molecule has 0 bridgehead atoms. The van der Waals surface area contributed by atoms with Crippen molar-refractivity contribution in [2.45, 2.75) is 25.8 Å². The number of methoxy groups -OCH3 is 1. The third-order valence-corrected chi connectivity index (χ3v) is 4.75. The molecule has 3 rings (SSSR count). The minimum Gasteiger partial charge on any atom is -0.497 e. The van der Waals surface area contributed by atoms with E-state index < -0.39 is 6.04 Å². The fraction of sp³-hybridized carbons (Fsp3) is 0.300. The highest BCUT2D eigenvalue weighted by atomic mass is 35.5. The summed E-state index contributed by atoms with van der Waals surface area (Å²) in [5.41, 5.74) is 2.11. The van der Waals surface area contributed by atoms with Crippen LogP contribution in [-0.2, 0) is 9.59 Å². The van der Waals surface area contributed by atoms with Gasteiger partial charge in [-0.05, 0) is 55.8 Å². The van der Waals surface area contributed by atoms with Gasteiger partial charge in [-0.1, -0.05) is 11.6 Å². The SMILES string of the molecule is COc1ccc(NC(=O)[C@H](C)Nc2ccc(N3CCCC3=O)c(Cl)c2)cc1. The summed E-state index contributed by atoms with van der Waals surface area (Å²) < 4.78 is 5.10. The van der Waals surface area contributed by atoms with Gasteiger partial charge >= 0.3 is 0 Å². The predicted molar refractivity (Wildman–Crippen MR) is 108 cm³/mol. The van der Waals surface area contributed by atoms with Gasteiger partial charge in [0.2, 0.25) is 11.8 Å². The number of carbonyl (C=O) groups is 2. The Morgan fingerprint density at radius 3 is 2.48 bits per heavy atom. The third-order valence-electron chi connectivity index (χ3n) is 4.45. The molecule has 0 spiro atoms. The summed E-state index contributed by atoms with van der Waals surface area (Å²) in [6, 6.07) is 12.0. The Morgan fingerprint density at radius 2 is 1.89 bits per heavy atom. The second-order valence-corrected chi connectivity index (χ2v) is 6.81. The smallest absolute Gasteiger partial charge is 0.246 e. The molecular weight excluding hydrogens is 366 g/mol. The number of ether oxygens (including phenoxy) is 1. The van der Waals surface area contributed by atoms with E-state index in [1.807, 2.05) is 12.1 Å². The zero-order valence-electron chi connectivity index (χ0n) is 15.3. The van der Waals surface area contributed by atoms with Crippen molar-refractivity contribution in [3.63, 3.8) is 0 Å². The number of anilines is 3. The lowest BCUT2D eigenvalue weighted by atomic mass is 10.2. The van der Waals surface area contributed by atoms with Crippen LogP contribution >= 0.6 is 11.6 Å². The number of nitrogens with zero attached hydrogens (tertiary/aromatic N) is 1. The van der Waals surface area contributed by atoms with Crippen molar-refractivity contribution in [1.29, 1.82) is 0 Å². The van der Waals surface area contributed by atoms with E-state index in [1.165, 1.54) is 0 Å². The van der Waals surface area contributed by atoms with Gasteiger partial charge in [0.05, 0.1) is 17.8 Å². The van der Waals surface area contributed by atoms with Gasteiger partial charge in [-0.25, -0.2) is 0 Å². The summed E-state index contributed by atoms with van der Waals surface area (Å²) in [6.07, 6.45) is 1.40. The minimum atomic E-state index is -0.470. The number of rotatable bonds is 6. The fourth-order valence-electron chi connectivity index (χ4n) is 2.96. The standard InChI is InChI=1S/C20H22ClN3O3/c1-13(20(26)23-14-5-8-16(27-2)9-6-14)22-15-7-10-18(17(21)12-15)24-11-3-4-19(24)25/h5-10,12-13,22H,3-4,11H2,1-2H3,(H,23,26)/t13-/m0/s1. The molecule has 0 radical (unpaired) electrons. The first kappa shape index (κ1) is 19.0. The number of hydrogen-bond acceptors (Lipinski definition) is 4. The highest BCUT2D eigenvalue weighted by Gasteiger charge is 2.23. The summed E-state index contributed by atoms with van der Waals surface area (Å²) in [4.78, 5) is 26.0. The molecule has 2 aromatic carbocycles. The molecule has 0 saturated carbocycles. The zero-order chi connectivity index (χ0) is 19.4. The Hall–Kier alpha value is -2.73. The van der Waals surface area contributed by atoms with Gasteiger partial charge in [0.25, 0.3) is 0 Å². The topological polar surface area (TPSA) is 70.7 Å². The van der Waals surface area contributed by atoms with Crippen molar-refractivity contribution in [1.82, 2.24) is 0 Å². The summed E-state index contributed by atoms with van der Waals surface area (Å²) in [5, 5.41) is 6.46. The first-order valence-corrected chi connectivity index (χ1v) is 9.17. The molecule has 1 fully saturated rings. The molecule has 0 aromatic heterocycles. The third kappa shape index (κ3) is 4.52. The molecular formula is C20H22ClN3O3. The summed E-state index contributed by atoms with van der Waals surface area (Å²) in [7, 11) is 1.59. The zero-order valence-corrected chi connectivity index (χ0v) is 16.0. The highest BCUT2D eigenvalue weighted by Crippen LogP contribution is 2.31. The van der Waals surface area contributed by atoms with E-state index in [4.69, 9.17) is 16.3 Å². The van der Waals surface area contributed by atoms with Crippen molar-refractivity contribution in [2.75, 3.05) is 29.2 Å². The van der Waals surface area contributed by atoms with Crippen LogP contribution in [0.1, 0.15) is 19.8 Å². The molecule has 7 heteroatoms. The lowest BCUT2D eigenvalue weighted by molar-refractivity contribution is -0.117. The number of benzene rings is 2. The van der Waals surface area contributed by atoms with Gasteiger partial charge in [0.15, 0.2) is 0 Å². The number of nitrogens with one attached hydrogen (secondary N) is 2. The van der Waals surface area contributed by atoms with Crippen LogP contribution < -0.4 is 20.3 Å². The van der Waals surface area contributed by atoms with Crippen LogP contribution in [0.3, 0.4) is 0 Å². The molecule has 2 aromatic rings. The predicted octanol–water partition coefficient (Wildman–Crippen LogP) is 3.91. The van der Waals surface area contributed by atoms with Gasteiger partial charge in [-0.15, -0.1) is 0 Å². The van der Waals surface area contributed by atoms with Crippen molar-refractivity contribution in [3.8, 4) is 5.75 Å². The quantitative estimate of drug-likeness (QED) is 0.788. The summed E-state index contributed by atoms with van der Waals surface area (Å²) in [6.45, 7) is 2.46. The number of carbonyl (C=O) groups excluding carboxylic acids is 2. The molecule has 27 heavy (non-hydrogen) atoms. The molecule has 1 aliphatic heterocycles. The first-order chi connectivity index (χ1) is 13.0. The second-order valence-electron chi connectivity index (χ2n) is 6.40. The maximum atomic E-state index is 12.4. The van der Waals surface area contributed by atoms with Crippen LogP contribution in [0.5, 0.6) is 5.75 Å². The van der Waals surface area contributed by atoms with Crippen LogP contribution in [0, 0.1) is 0 Å². The summed E-state index contributed by atoms with van der Waals surface area (Å²) in [5.74, 6) is 0.644. The molecule has 142 valence electrons.